The largest absolute Gasteiger partial charge is 0.357 e. The van der Waals surface area contributed by atoms with Crippen molar-refractivity contribution in [2.75, 3.05) is 19.6 Å². The molecule has 5 heteroatoms. The van der Waals surface area contributed by atoms with Gasteiger partial charge >= 0.3 is 0 Å². The Morgan fingerprint density at radius 3 is 2.60 bits per heavy atom. The van der Waals surface area contributed by atoms with Crippen LogP contribution in [-0.2, 0) is 6.42 Å². The highest BCUT2D eigenvalue weighted by Gasteiger charge is 2.04. The third-order valence-corrected chi connectivity index (χ3v) is 4.16. The fourth-order valence-corrected chi connectivity index (χ4v) is 2.64. The quantitative estimate of drug-likeness (QED) is 0.601. The molecule has 0 aliphatic heterocycles. The van der Waals surface area contributed by atoms with Crippen LogP contribution in [0.2, 0.25) is 0 Å². The molecular formula is C15H28N4S. The number of aliphatic imine (C=N–C) groups is 1. The summed E-state index contributed by atoms with van der Waals surface area (Å²) in [6.07, 6.45) is 2.08. The molecule has 114 valence electrons. The van der Waals surface area contributed by atoms with Crippen molar-refractivity contribution in [3.63, 3.8) is 0 Å². The molecule has 20 heavy (non-hydrogen) atoms. The maximum atomic E-state index is 4.58. The molecule has 0 amide bonds. The zero-order valence-corrected chi connectivity index (χ0v) is 14.2. The van der Waals surface area contributed by atoms with Gasteiger partial charge in [0.25, 0.3) is 0 Å². The van der Waals surface area contributed by atoms with Crippen LogP contribution in [0, 0.1) is 19.8 Å². The Labute approximate surface area is 127 Å². The molecule has 0 bridgehead atoms. The number of rotatable bonds is 7. The summed E-state index contributed by atoms with van der Waals surface area (Å²) in [5.41, 5.74) is 1.16. The molecule has 0 spiro atoms. The van der Waals surface area contributed by atoms with Gasteiger partial charge in [0.15, 0.2) is 5.96 Å². The number of aromatic nitrogens is 1. The SMILES string of the molecule is CCNC(=NCCC(C)C)NCCc1nc(C)c(C)s1. The first-order valence-electron chi connectivity index (χ1n) is 7.48. The lowest BCUT2D eigenvalue weighted by Gasteiger charge is -2.11. The van der Waals surface area contributed by atoms with Crippen molar-refractivity contribution in [3.8, 4) is 0 Å². The zero-order valence-electron chi connectivity index (χ0n) is 13.4. The number of hydrogen-bond donors (Lipinski definition) is 2. The van der Waals surface area contributed by atoms with Gasteiger partial charge in [-0.05, 0) is 33.1 Å². The Balaban J connectivity index is 2.38. The maximum Gasteiger partial charge on any atom is 0.191 e. The average molecular weight is 296 g/mol. The van der Waals surface area contributed by atoms with Crippen molar-refractivity contribution in [1.29, 1.82) is 0 Å². The van der Waals surface area contributed by atoms with Gasteiger partial charge in [-0.2, -0.15) is 0 Å². The fourth-order valence-electron chi connectivity index (χ4n) is 1.71. The van der Waals surface area contributed by atoms with Crippen molar-refractivity contribution in [2.24, 2.45) is 10.9 Å². The van der Waals surface area contributed by atoms with Crippen molar-refractivity contribution in [3.05, 3.63) is 15.6 Å². The van der Waals surface area contributed by atoms with E-state index in [0.29, 0.717) is 5.92 Å². The van der Waals surface area contributed by atoms with Crippen LogP contribution in [0.1, 0.15) is 42.8 Å². The van der Waals surface area contributed by atoms with E-state index in [2.05, 4.69) is 55.2 Å². The highest BCUT2D eigenvalue weighted by molar-refractivity contribution is 7.11. The highest BCUT2D eigenvalue weighted by Crippen LogP contribution is 2.16. The van der Waals surface area contributed by atoms with Gasteiger partial charge in [-0.1, -0.05) is 13.8 Å². The second-order valence-electron chi connectivity index (χ2n) is 5.37. The molecule has 0 unspecified atom stereocenters. The van der Waals surface area contributed by atoms with Gasteiger partial charge in [0.1, 0.15) is 0 Å². The van der Waals surface area contributed by atoms with Crippen molar-refractivity contribution < 1.29 is 0 Å². The van der Waals surface area contributed by atoms with E-state index in [4.69, 9.17) is 0 Å². The van der Waals surface area contributed by atoms with Crippen molar-refractivity contribution in [2.45, 2.75) is 47.5 Å². The number of hydrogen-bond acceptors (Lipinski definition) is 3. The molecule has 1 aromatic rings. The Hall–Kier alpha value is -1.10. The predicted octanol–water partition coefficient (Wildman–Crippen LogP) is 2.90. The van der Waals surface area contributed by atoms with Gasteiger partial charge in [0, 0.05) is 30.9 Å². The maximum absolute atomic E-state index is 4.58. The van der Waals surface area contributed by atoms with Crippen LogP contribution in [-0.4, -0.2) is 30.6 Å². The zero-order chi connectivity index (χ0) is 15.0. The van der Waals surface area contributed by atoms with Gasteiger partial charge in [0.05, 0.1) is 10.7 Å². The van der Waals surface area contributed by atoms with Crippen molar-refractivity contribution in [1.82, 2.24) is 15.6 Å². The molecule has 0 aliphatic carbocycles. The molecule has 0 fully saturated rings. The molecule has 0 atom stereocenters. The first kappa shape index (κ1) is 17.0. The van der Waals surface area contributed by atoms with E-state index in [1.165, 1.54) is 9.88 Å². The summed E-state index contributed by atoms with van der Waals surface area (Å²) in [7, 11) is 0. The van der Waals surface area contributed by atoms with Crippen LogP contribution in [0.5, 0.6) is 0 Å². The van der Waals surface area contributed by atoms with Gasteiger partial charge in [-0.25, -0.2) is 4.98 Å². The average Bonchev–Trinajstić information content (AvgIpc) is 2.68. The molecule has 1 heterocycles. The Bertz CT molecular complexity index is 404. The second-order valence-corrected chi connectivity index (χ2v) is 6.66. The van der Waals surface area contributed by atoms with Gasteiger partial charge in [0.2, 0.25) is 0 Å². The van der Waals surface area contributed by atoms with E-state index < -0.39 is 0 Å². The molecule has 0 aromatic carbocycles. The van der Waals surface area contributed by atoms with Gasteiger partial charge in [-0.3, -0.25) is 4.99 Å². The highest BCUT2D eigenvalue weighted by atomic mass is 32.1. The van der Waals surface area contributed by atoms with Gasteiger partial charge < -0.3 is 10.6 Å². The van der Waals surface area contributed by atoms with Crippen LogP contribution >= 0.6 is 11.3 Å². The van der Waals surface area contributed by atoms with E-state index in [1.54, 1.807) is 11.3 Å². The minimum absolute atomic E-state index is 0.697. The first-order valence-corrected chi connectivity index (χ1v) is 8.29. The third kappa shape index (κ3) is 6.37. The topological polar surface area (TPSA) is 49.3 Å². The smallest absolute Gasteiger partial charge is 0.191 e. The predicted molar refractivity (Wildman–Crippen MR) is 88.7 cm³/mol. The summed E-state index contributed by atoms with van der Waals surface area (Å²) in [4.78, 5) is 10.5. The van der Waals surface area contributed by atoms with E-state index in [0.717, 1.165) is 44.1 Å². The lowest BCUT2D eigenvalue weighted by molar-refractivity contribution is 0.594. The molecule has 0 radical (unpaired) electrons. The standard InChI is InChI=1S/C15H28N4S/c1-6-16-15(17-9-7-11(2)3)18-10-8-14-19-12(4)13(5)20-14/h11H,6-10H2,1-5H3,(H2,16,17,18). The summed E-state index contributed by atoms with van der Waals surface area (Å²) in [5, 5.41) is 7.86. The minimum Gasteiger partial charge on any atom is -0.357 e. The number of aryl methyl sites for hydroxylation is 2. The first-order chi connectivity index (χ1) is 9.52. The van der Waals surface area contributed by atoms with Crippen LogP contribution in [0.3, 0.4) is 0 Å². The number of guanidine groups is 1. The summed E-state index contributed by atoms with van der Waals surface area (Å²) < 4.78 is 0. The van der Waals surface area contributed by atoms with E-state index >= 15 is 0 Å². The summed E-state index contributed by atoms with van der Waals surface area (Å²) in [6, 6.07) is 0. The Kier molecular flexibility index (Phi) is 7.59. The monoisotopic (exact) mass is 296 g/mol. The van der Waals surface area contributed by atoms with E-state index in [1.807, 2.05) is 0 Å². The molecule has 4 nitrogen and oxygen atoms in total. The van der Waals surface area contributed by atoms with Crippen molar-refractivity contribution >= 4 is 17.3 Å². The molecule has 1 aromatic heterocycles. The molecule has 0 saturated carbocycles. The van der Waals surface area contributed by atoms with Crippen LogP contribution < -0.4 is 10.6 Å². The van der Waals surface area contributed by atoms with Crippen LogP contribution in [0.4, 0.5) is 0 Å². The van der Waals surface area contributed by atoms with Crippen LogP contribution in [0.15, 0.2) is 4.99 Å². The van der Waals surface area contributed by atoms with E-state index in [-0.39, 0.29) is 0 Å². The lowest BCUT2D eigenvalue weighted by atomic mass is 10.1. The Morgan fingerprint density at radius 2 is 2.05 bits per heavy atom. The minimum atomic E-state index is 0.697. The fraction of sp³-hybridized carbons (Fsp3) is 0.733. The van der Waals surface area contributed by atoms with E-state index in [9.17, 15) is 0 Å². The molecule has 0 saturated heterocycles. The molecule has 1 rings (SSSR count). The summed E-state index contributed by atoms with van der Waals surface area (Å²) >= 11 is 1.79. The molecule has 2 N–H and O–H groups in total. The van der Waals surface area contributed by atoms with Gasteiger partial charge in [-0.15, -0.1) is 11.3 Å². The third-order valence-electron chi connectivity index (χ3n) is 3.02. The normalized spacial score (nSPS) is 12.0. The van der Waals surface area contributed by atoms with Crippen LogP contribution in [0.25, 0.3) is 0 Å². The second kappa shape index (κ2) is 8.95. The number of nitrogens with one attached hydrogen (secondary N) is 2. The number of nitrogens with zero attached hydrogens (tertiary/aromatic N) is 2. The molecule has 0 aliphatic rings. The summed E-state index contributed by atoms with van der Waals surface area (Å²) in [6.45, 7) is 13.4. The molecular weight excluding hydrogens is 268 g/mol. The lowest BCUT2D eigenvalue weighted by Crippen LogP contribution is -2.38. The Morgan fingerprint density at radius 1 is 1.30 bits per heavy atom. The summed E-state index contributed by atoms with van der Waals surface area (Å²) in [5.74, 6) is 1.61. The number of thiazole rings is 1.